The van der Waals surface area contributed by atoms with Crippen molar-refractivity contribution in [1.29, 1.82) is 0 Å². The highest BCUT2D eigenvalue weighted by atomic mass is 35.5. The summed E-state index contributed by atoms with van der Waals surface area (Å²) in [6, 6.07) is 4.09. The quantitative estimate of drug-likeness (QED) is 0.916. The molecule has 1 heterocycles. The molecule has 1 atom stereocenters. The molecule has 1 aromatic rings. The lowest BCUT2D eigenvalue weighted by Crippen LogP contribution is -2.48. The van der Waals surface area contributed by atoms with Crippen LogP contribution < -0.4 is 5.32 Å². The second-order valence-electron chi connectivity index (χ2n) is 4.43. The van der Waals surface area contributed by atoms with E-state index < -0.39 is 5.82 Å². The summed E-state index contributed by atoms with van der Waals surface area (Å²) in [6.45, 7) is 2.06. The first-order valence-corrected chi connectivity index (χ1v) is 6.50. The van der Waals surface area contributed by atoms with E-state index in [1.54, 1.807) is 4.90 Å². The first-order chi connectivity index (χ1) is 9.11. The van der Waals surface area contributed by atoms with Crippen molar-refractivity contribution in [2.24, 2.45) is 0 Å². The van der Waals surface area contributed by atoms with Crippen LogP contribution in [0.5, 0.6) is 0 Å². The highest BCUT2D eigenvalue weighted by Crippen LogP contribution is 2.17. The zero-order chi connectivity index (χ0) is 13.8. The monoisotopic (exact) mass is 286 g/mol. The number of carbonyl (C=O) groups is 1. The van der Waals surface area contributed by atoms with Crippen molar-refractivity contribution in [3.8, 4) is 0 Å². The van der Waals surface area contributed by atoms with Crippen LogP contribution in [0.15, 0.2) is 18.2 Å². The van der Waals surface area contributed by atoms with Gasteiger partial charge in [0.1, 0.15) is 5.82 Å². The maximum atomic E-state index is 13.7. The Hall–Kier alpha value is -1.17. The van der Waals surface area contributed by atoms with Crippen molar-refractivity contribution in [2.45, 2.75) is 6.10 Å². The molecule has 6 heteroatoms. The number of nitrogens with one attached hydrogen (secondary N) is 1. The highest BCUT2D eigenvalue weighted by molar-refractivity contribution is 6.30. The highest BCUT2D eigenvalue weighted by Gasteiger charge is 2.26. The van der Waals surface area contributed by atoms with Crippen molar-refractivity contribution in [2.75, 3.05) is 33.3 Å². The molecule has 0 radical (unpaired) electrons. The van der Waals surface area contributed by atoms with Crippen LogP contribution in [-0.2, 0) is 4.74 Å². The minimum atomic E-state index is -0.589. The second kappa shape index (κ2) is 6.32. The van der Waals surface area contributed by atoms with Gasteiger partial charge in [-0.05, 0) is 25.2 Å². The molecule has 1 amide bonds. The Morgan fingerprint density at radius 2 is 2.42 bits per heavy atom. The van der Waals surface area contributed by atoms with E-state index in [-0.39, 0.29) is 22.6 Å². The molecule has 1 aromatic carbocycles. The van der Waals surface area contributed by atoms with E-state index in [4.69, 9.17) is 16.3 Å². The summed E-state index contributed by atoms with van der Waals surface area (Å²) >= 11 is 5.68. The van der Waals surface area contributed by atoms with Crippen molar-refractivity contribution < 1.29 is 13.9 Å². The Morgan fingerprint density at radius 1 is 1.63 bits per heavy atom. The van der Waals surface area contributed by atoms with Crippen molar-refractivity contribution >= 4 is 17.5 Å². The van der Waals surface area contributed by atoms with Gasteiger partial charge in [-0.2, -0.15) is 0 Å². The summed E-state index contributed by atoms with van der Waals surface area (Å²) in [5.74, 6) is -0.910. The molecule has 1 N–H and O–H groups in total. The van der Waals surface area contributed by atoms with Crippen LogP contribution in [0.2, 0.25) is 5.02 Å². The zero-order valence-electron chi connectivity index (χ0n) is 10.7. The largest absolute Gasteiger partial charge is 0.373 e. The van der Waals surface area contributed by atoms with E-state index in [0.29, 0.717) is 26.2 Å². The van der Waals surface area contributed by atoms with Crippen LogP contribution in [0.25, 0.3) is 0 Å². The van der Waals surface area contributed by atoms with Crippen molar-refractivity contribution in [1.82, 2.24) is 10.2 Å². The summed E-state index contributed by atoms with van der Waals surface area (Å²) < 4.78 is 19.2. The fourth-order valence-electron chi connectivity index (χ4n) is 2.09. The number of hydrogen-bond acceptors (Lipinski definition) is 3. The summed E-state index contributed by atoms with van der Waals surface area (Å²) in [5.41, 5.74) is 0.0505. The number of amides is 1. The van der Waals surface area contributed by atoms with Gasteiger partial charge >= 0.3 is 0 Å². The molecule has 1 saturated heterocycles. The molecular formula is C13H16ClFN2O2. The Bertz CT molecular complexity index is 468. The third kappa shape index (κ3) is 3.43. The molecule has 1 aliphatic rings. The van der Waals surface area contributed by atoms with E-state index in [1.807, 2.05) is 7.05 Å². The van der Waals surface area contributed by atoms with Crippen LogP contribution in [0, 0.1) is 5.82 Å². The predicted molar refractivity (Wildman–Crippen MR) is 71.0 cm³/mol. The van der Waals surface area contributed by atoms with Gasteiger partial charge in [-0.3, -0.25) is 4.79 Å². The molecule has 1 fully saturated rings. The lowest BCUT2D eigenvalue weighted by molar-refractivity contribution is -0.0197. The van der Waals surface area contributed by atoms with Gasteiger partial charge in [0.25, 0.3) is 5.91 Å². The SMILES string of the molecule is CNCC1CN(C(=O)c2ccc(Cl)cc2F)CCO1. The number of hydrogen-bond donors (Lipinski definition) is 1. The number of halogens is 2. The number of likely N-dealkylation sites (N-methyl/N-ethyl adjacent to an activating group) is 1. The second-order valence-corrected chi connectivity index (χ2v) is 4.86. The topological polar surface area (TPSA) is 41.6 Å². The molecule has 0 bridgehead atoms. The van der Waals surface area contributed by atoms with Gasteiger partial charge in [-0.25, -0.2) is 4.39 Å². The number of benzene rings is 1. The van der Waals surface area contributed by atoms with Crippen molar-refractivity contribution in [3.05, 3.63) is 34.6 Å². The summed E-state index contributed by atoms with van der Waals surface area (Å²) in [5, 5.41) is 3.28. The molecule has 19 heavy (non-hydrogen) atoms. The molecular weight excluding hydrogens is 271 g/mol. The Balaban J connectivity index is 2.10. The lowest BCUT2D eigenvalue weighted by atomic mass is 10.1. The van der Waals surface area contributed by atoms with E-state index in [0.717, 1.165) is 6.07 Å². The number of ether oxygens (including phenoxy) is 1. The van der Waals surface area contributed by atoms with E-state index in [1.165, 1.54) is 12.1 Å². The summed E-state index contributed by atoms with van der Waals surface area (Å²) in [4.78, 5) is 13.9. The summed E-state index contributed by atoms with van der Waals surface area (Å²) in [7, 11) is 1.82. The lowest BCUT2D eigenvalue weighted by Gasteiger charge is -2.33. The van der Waals surface area contributed by atoms with Gasteiger partial charge in [-0.1, -0.05) is 11.6 Å². The maximum absolute atomic E-state index is 13.7. The molecule has 4 nitrogen and oxygen atoms in total. The Morgan fingerprint density at radius 3 is 3.11 bits per heavy atom. The van der Waals surface area contributed by atoms with E-state index >= 15 is 0 Å². The molecule has 0 aliphatic carbocycles. The van der Waals surface area contributed by atoms with Gasteiger partial charge in [0.2, 0.25) is 0 Å². The summed E-state index contributed by atoms with van der Waals surface area (Å²) in [6.07, 6.45) is -0.0574. The Labute approximate surface area is 116 Å². The number of carbonyl (C=O) groups excluding carboxylic acids is 1. The van der Waals surface area contributed by atoms with Gasteiger partial charge in [0, 0.05) is 24.7 Å². The molecule has 0 spiro atoms. The van der Waals surface area contributed by atoms with E-state index in [2.05, 4.69) is 5.32 Å². The first-order valence-electron chi connectivity index (χ1n) is 6.12. The van der Waals surface area contributed by atoms with Gasteiger partial charge in [-0.15, -0.1) is 0 Å². The van der Waals surface area contributed by atoms with Crippen LogP contribution in [-0.4, -0.2) is 50.2 Å². The van der Waals surface area contributed by atoms with Crippen LogP contribution in [0.4, 0.5) is 4.39 Å². The predicted octanol–water partition coefficient (Wildman–Crippen LogP) is 1.54. The molecule has 1 aliphatic heterocycles. The van der Waals surface area contributed by atoms with Gasteiger partial charge < -0.3 is 15.0 Å². The van der Waals surface area contributed by atoms with E-state index in [9.17, 15) is 9.18 Å². The normalized spacial score (nSPS) is 19.5. The molecule has 0 saturated carbocycles. The first kappa shape index (κ1) is 14.2. The molecule has 2 rings (SSSR count). The van der Waals surface area contributed by atoms with Crippen molar-refractivity contribution in [3.63, 3.8) is 0 Å². The van der Waals surface area contributed by atoms with Crippen LogP contribution >= 0.6 is 11.6 Å². The smallest absolute Gasteiger partial charge is 0.256 e. The van der Waals surface area contributed by atoms with Gasteiger partial charge in [0.15, 0.2) is 0 Å². The number of morpholine rings is 1. The molecule has 1 unspecified atom stereocenters. The average molecular weight is 287 g/mol. The fourth-order valence-corrected chi connectivity index (χ4v) is 2.25. The molecule has 104 valence electrons. The number of rotatable bonds is 3. The minimum Gasteiger partial charge on any atom is -0.373 e. The van der Waals surface area contributed by atoms with Gasteiger partial charge in [0.05, 0.1) is 18.3 Å². The van der Waals surface area contributed by atoms with Crippen LogP contribution in [0.1, 0.15) is 10.4 Å². The number of nitrogens with zero attached hydrogens (tertiary/aromatic N) is 1. The third-order valence-corrected chi connectivity index (χ3v) is 3.25. The zero-order valence-corrected chi connectivity index (χ0v) is 11.4. The molecule has 0 aromatic heterocycles. The third-order valence-electron chi connectivity index (χ3n) is 3.02. The Kier molecular flexibility index (Phi) is 4.74. The average Bonchev–Trinajstić information content (AvgIpc) is 2.39. The maximum Gasteiger partial charge on any atom is 0.256 e. The van der Waals surface area contributed by atoms with Crippen LogP contribution in [0.3, 0.4) is 0 Å². The fraction of sp³-hybridized carbons (Fsp3) is 0.462. The minimum absolute atomic E-state index is 0.0505. The standard InChI is InChI=1S/C13H16ClFN2O2/c1-16-7-10-8-17(4-5-19-10)13(18)11-3-2-9(14)6-12(11)15/h2-3,6,10,16H,4-5,7-8H2,1H3.